The van der Waals surface area contributed by atoms with Gasteiger partial charge < -0.3 is 5.32 Å². The van der Waals surface area contributed by atoms with E-state index in [1.54, 1.807) is 11.3 Å². The van der Waals surface area contributed by atoms with Crippen molar-refractivity contribution >= 4 is 11.3 Å². The molecule has 3 heteroatoms. The summed E-state index contributed by atoms with van der Waals surface area (Å²) in [6.45, 7) is 10.9. The van der Waals surface area contributed by atoms with E-state index in [0.717, 1.165) is 5.01 Å². The van der Waals surface area contributed by atoms with Crippen LogP contribution in [-0.2, 0) is 0 Å². The van der Waals surface area contributed by atoms with Crippen molar-refractivity contribution in [2.45, 2.75) is 52.6 Å². The maximum absolute atomic E-state index is 4.83. The van der Waals surface area contributed by atoms with Crippen molar-refractivity contribution < 1.29 is 0 Å². The molecule has 0 spiro atoms. The van der Waals surface area contributed by atoms with Gasteiger partial charge >= 0.3 is 0 Å². The molecule has 0 bridgehead atoms. The summed E-state index contributed by atoms with van der Waals surface area (Å²) in [5.41, 5.74) is 3.77. The Balaban J connectivity index is 2.36. The minimum atomic E-state index is 0.187. The van der Waals surface area contributed by atoms with E-state index in [1.165, 1.54) is 16.8 Å². The summed E-state index contributed by atoms with van der Waals surface area (Å²) < 4.78 is 0. The SMILES string of the molecule is Cc1cccc(C(NC(C)C)c2nc(C(C)C)cs2)c1. The van der Waals surface area contributed by atoms with Crippen LogP contribution in [0.3, 0.4) is 0 Å². The lowest BCUT2D eigenvalue weighted by Gasteiger charge is -2.20. The topological polar surface area (TPSA) is 24.9 Å². The van der Waals surface area contributed by atoms with Crippen LogP contribution in [-0.4, -0.2) is 11.0 Å². The van der Waals surface area contributed by atoms with Gasteiger partial charge in [-0.3, -0.25) is 0 Å². The van der Waals surface area contributed by atoms with Gasteiger partial charge in [0.1, 0.15) is 5.01 Å². The van der Waals surface area contributed by atoms with E-state index in [0.29, 0.717) is 12.0 Å². The molecule has 2 rings (SSSR count). The Morgan fingerprint density at radius 3 is 2.45 bits per heavy atom. The molecule has 0 aliphatic carbocycles. The molecular formula is C17H24N2S. The van der Waals surface area contributed by atoms with Crippen molar-refractivity contribution in [3.8, 4) is 0 Å². The van der Waals surface area contributed by atoms with Gasteiger partial charge in [0.2, 0.25) is 0 Å². The van der Waals surface area contributed by atoms with Gasteiger partial charge in [0.15, 0.2) is 0 Å². The van der Waals surface area contributed by atoms with Gasteiger partial charge in [0.25, 0.3) is 0 Å². The van der Waals surface area contributed by atoms with Gasteiger partial charge in [-0.15, -0.1) is 11.3 Å². The highest BCUT2D eigenvalue weighted by Gasteiger charge is 2.19. The van der Waals surface area contributed by atoms with Crippen molar-refractivity contribution in [1.29, 1.82) is 0 Å². The zero-order valence-electron chi connectivity index (χ0n) is 13.0. The average molecular weight is 288 g/mol. The molecule has 1 heterocycles. The second kappa shape index (κ2) is 6.51. The van der Waals surface area contributed by atoms with Crippen LogP contribution in [0.15, 0.2) is 29.6 Å². The van der Waals surface area contributed by atoms with Crippen LogP contribution in [0.4, 0.5) is 0 Å². The number of aryl methyl sites for hydroxylation is 1. The van der Waals surface area contributed by atoms with E-state index >= 15 is 0 Å². The molecule has 0 fully saturated rings. The highest BCUT2D eigenvalue weighted by molar-refractivity contribution is 7.09. The van der Waals surface area contributed by atoms with E-state index in [-0.39, 0.29) is 6.04 Å². The van der Waals surface area contributed by atoms with Gasteiger partial charge in [0, 0.05) is 11.4 Å². The van der Waals surface area contributed by atoms with Gasteiger partial charge in [-0.05, 0) is 32.3 Å². The summed E-state index contributed by atoms with van der Waals surface area (Å²) in [7, 11) is 0. The lowest BCUT2D eigenvalue weighted by Crippen LogP contribution is -2.29. The first-order chi connectivity index (χ1) is 9.47. The summed E-state index contributed by atoms with van der Waals surface area (Å²) >= 11 is 1.76. The first kappa shape index (κ1) is 15.2. The summed E-state index contributed by atoms with van der Waals surface area (Å²) in [4.78, 5) is 4.83. The van der Waals surface area contributed by atoms with Crippen molar-refractivity contribution in [3.63, 3.8) is 0 Å². The number of aromatic nitrogens is 1. The quantitative estimate of drug-likeness (QED) is 0.865. The van der Waals surface area contributed by atoms with E-state index in [2.05, 4.69) is 69.6 Å². The fraction of sp³-hybridized carbons (Fsp3) is 0.471. The Morgan fingerprint density at radius 2 is 1.90 bits per heavy atom. The van der Waals surface area contributed by atoms with Gasteiger partial charge in [-0.2, -0.15) is 0 Å². The zero-order chi connectivity index (χ0) is 14.7. The van der Waals surface area contributed by atoms with Crippen LogP contribution < -0.4 is 5.32 Å². The van der Waals surface area contributed by atoms with Crippen LogP contribution in [0.5, 0.6) is 0 Å². The second-order valence-corrected chi connectivity index (χ2v) is 6.82. The molecule has 0 saturated carbocycles. The largest absolute Gasteiger partial charge is 0.302 e. The standard InChI is InChI=1S/C17H24N2S/c1-11(2)15-10-20-17(19-15)16(18-12(3)4)14-8-6-7-13(5)9-14/h6-12,16,18H,1-5H3. The Morgan fingerprint density at radius 1 is 1.15 bits per heavy atom. The summed E-state index contributed by atoms with van der Waals surface area (Å²) in [5, 5.41) is 6.99. The minimum absolute atomic E-state index is 0.187. The van der Waals surface area contributed by atoms with Crippen molar-refractivity contribution in [1.82, 2.24) is 10.3 Å². The highest BCUT2D eigenvalue weighted by atomic mass is 32.1. The Labute approximate surface area is 126 Å². The van der Waals surface area contributed by atoms with Crippen LogP contribution in [0.25, 0.3) is 0 Å². The molecule has 1 unspecified atom stereocenters. The lowest BCUT2D eigenvalue weighted by atomic mass is 10.0. The van der Waals surface area contributed by atoms with E-state index in [1.807, 2.05) is 0 Å². The molecular weight excluding hydrogens is 264 g/mol. The number of nitrogens with zero attached hydrogens (tertiary/aromatic N) is 1. The third-order valence-corrected chi connectivity index (χ3v) is 4.18. The number of rotatable bonds is 5. The van der Waals surface area contributed by atoms with Crippen molar-refractivity contribution in [3.05, 3.63) is 51.5 Å². The zero-order valence-corrected chi connectivity index (χ0v) is 13.8. The predicted octanol–water partition coefficient (Wildman–Crippen LogP) is 4.66. The van der Waals surface area contributed by atoms with E-state index in [4.69, 9.17) is 4.98 Å². The Kier molecular flexibility index (Phi) is 4.95. The number of thiazole rings is 1. The van der Waals surface area contributed by atoms with Crippen LogP contribution in [0, 0.1) is 6.92 Å². The van der Waals surface area contributed by atoms with Gasteiger partial charge in [0.05, 0.1) is 11.7 Å². The molecule has 0 amide bonds. The third kappa shape index (κ3) is 3.68. The number of hydrogen-bond acceptors (Lipinski definition) is 3. The molecule has 1 atom stereocenters. The van der Waals surface area contributed by atoms with Gasteiger partial charge in [-0.1, -0.05) is 43.7 Å². The molecule has 108 valence electrons. The number of benzene rings is 1. The Bertz CT molecular complexity index is 558. The van der Waals surface area contributed by atoms with Crippen LogP contribution in [0.1, 0.15) is 61.5 Å². The van der Waals surface area contributed by atoms with Gasteiger partial charge in [-0.25, -0.2) is 4.98 Å². The average Bonchev–Trinajstić information content (AvgIpc) is 2.85. The summed E-state index contributed by atoms with van der Waals surface area (Å²) in [6.07, 6.45) is 0. The molecule has 0 saturated heterocycles. The summed E-state index contributed by atoms with van der Waals surface area (Å²) in [5.74, 6) is 0.484. The molecule has 2 nitrogen and oxygen atoms in total. The fourth-order valence-corrected chi connectivity index (χ4v) is 3.26. The molecule has 1 aromatic carbocycles. The smallest absolute Gasteiger partial charge is 0.114 e. The van der Waals surface area contributed by atoms with Crippen molar-refractivity contribution in [2.24, 2.45) is 0 Å². The number of hydrogen-bond donors (Lipinski definition) is 1. The molecule has 1 aromatic heterocycles. The predicted molar refractivity (Wildman–Crippen MR) is 87.5 cm³/mol. The first-order valence-corrected chi connectivity index (χ1v) is 8.13. The first-order valence-electron chi connectivity index (χ1n) is 7.25. The molecule has 1 N–H and O–H groups in total. The molecule has 2 aromatic rings. The van der Waals surface area contributed by atoms with Crippen molar-refractivity contribution in [2.75, 3.05) is 0 Å². The minimum Gasteiger partial charge on any atom is -0.302 e. The molecule has 0 radical (unpaired) electrons. The normalized spacial score (nSPS) is 13.2. The second-order valence-electron chi connectivity index (χ2n) is 5.93. The summed E-state index contributed by atoms with van der Waals surface area (Å²) in [6, 6.07) is 9.30. The van der Waals surface area contributed by atoms with E-state index in [9.17, 15) is 0 Å². The molecule has 0 aliphatic heterocycles. The number of nitrogens with one attached hydrogen (secondary N) is 1. The molecule has 0 aliphatic rings. The maximum atomic E-state index is 4.83. The monoisotopic (exact) mass is 288 g/mol. The van der Waals surface area contributed by atoms with E-state index < -0.39 is 0 Å². The fourth-order valence-electron chi connectivity index (χ4n) is 2.19. The third-order valence-electron chi connectivity index (χ3n) is 3.25. The lowest BCUT2D eigenvalue weighted by molar-refractivity contribution is 0.525. The van der Waals surface area contributed by atoms with Crippen LogP contribution in [0.2, 0.25) is 0 Å². The highest BCUT2D eigenvalue weighted by Crippen LogP contribution is 2.28. The Hall–Kier alpha value is -1.19. The van der Waals surface area contributed by atoms with Crippen LogP contribution >= 0.6 is 11.3 Å². The molecule has 20 heavy (non-hydrogen) atoms. The maximum Gasteiger partial charge on any atom is 0.114 e.